The van der Waals surface area contributed by atoms with Gasteiger partial charge in [-0.15, -0.1) is 11.3 Å². The molecule has 1 aliphatic rings. The van der Waals surface area contributed by atoms with Crippen molar-refractivity contribution in [3.05, 3.63) is 50.7 Å². The zero-order chi connectivity index (χ0) is 17.6. The van der Waals surface area contributed by atoms with Crippen LogP contribution in [-0.4, -0.2) is 28.4 Å². The molecule has 0 aliphatic carbocycles. The molecule has 0 bridgehead atoms. The first-order valence-electron chi connectivity index (χ1n) is 7.51. The maximum atomic E-state index is 13.0. The number of carbonyl (C=O) groups is 2. The maximum Gasteiger partial charge on any atom is 0.184 e. The van der Waals surface area contributed by atoms with Gasteiger partial charge in [-0.1, -0.05) is 11.6 Å². The van der Waals surface area contributed by atoms with E-state index in [0.29, 0.717) is 26.8 Å². The average Bonchev–Trinajstić information content (AvgIpc) is 2.93. The largest absolute Gasteiger partial charge is 0.485 e. The number of hydrogen-bond donors (Lipinski definition) is 1. The summed E-state index contributed by atoms with van der Waals surface area (Å²) in [5, 5.41) is 12.9. The van der Waals surface area contributed by atoms with Crippen molar-refractivity contribution in [2.45, 2.75) is 38.4 Å². The Bertz CT molecular complexity index is 824. The third-order valence-corrected chi connectivity index (χ3v) is 5.63. The molecule has 1 aromatic carbocycles. The van der Waals surface area contributed by atoms with Crippen LogP contribution in [0.4, 0.5) is 0 Å². The second-order valence-electron chi connectivity index (χ2n) is 6.40. The van der Waals surface area contributed by atoms with Crippen LogP contribution in [-0.2, 0) is 0 Å². The number of Topliss-reactive ketones (excluding diaryl/α,β-unsaturated/α-hetero) is 2. The van der Waals surface area contributed by atoms with Crippen LogP contribution in [0.5, 0.6) is 5.75 Å². The molecule has 0 radical (unpaired) electrons. The van der Waals surface area contributed by atoms with Crippen molar-refractivity contribution in [3.8, 4) is 5.75 Å². The molecule has 2 heterocycles. The summed E-state index contributed by atoms with van der Waals surface area (Å²) in [6, 6.07) is 6.62. The summed E-state index contributed by atoms with van der Waals surface area (Å²) in [6.45, 7) is 4.92. The summed E-state index contributed by atoms with van der Waals surface area (Å²) in [5.41, 5.74) is 0.0535. The fourth-order valence-electron chi connectivity index (χ4n) is 2.91. The first-order valence-corrected chi connectivity index (χ1v) is 8.77. The zero-order valence-corrected chi connectivity index (χ0v) is 15.1. The van der Waals surface area contributed by atoms with Crippen LogP contribution in [0.3, 0.4) is 0 Å². The molecule has 4 nitrogen and oxygen atoms in total. The number of hydrogen-bond acceptors (Lipinski definition) is 5. The van der Waals surface area contributed by atoms with Crippen molar-refractivity contribution in [3.63, 3.8) is 0 Å². The highest BCUT2D eigenvalue weighted by molar-refractivity contribution is 7.12. The second kappa shape index (κ2) is 5.99. The average molecular weight is 365 g/mol. The Morgan fingerprint density at radius 2 is 2.00 bits per heavy atom. The first-order chi connectivity index (χ1) is 11.2. The van der Waals surface area contributed by atoms with Gasteiger partial charge in [0.25, 0.3) is 0 Å². The fraction of sp³-hybridized carbons (Fsp3) is 0.333. The van der Waals surface area contributed by atoms with Crippen LogP contribution in [0, 0.1) is 0 Å². The summed E-state index contributed by atoms with van der Waals surface area (Å²) in [7, 11) is 0. The van der Waals surface area contributed by atoms with Crippen LogP contribution in [0.2, 0.25) is 5.02 Å². The lowest BCUT2D eigenvalue weighted by molar-refractivity contribution is -0.0523. The van der Waals surface area contributed by atoms with Crippen molar-refractivity contribution < 1.29 is 19.4 Å². The minimum atomic E-state index is -1.06. The lowest BCUT2D eigenvalue weighted by Gasteiger charge is -2.41. The molecule has 0 saturated carbocycles. The Balaban J connectivity index is 2.16. The number of benzene rings is 1. The quantitative estimate of drug-likeness (QED) is 0.833. The molecule has 0 saturated heterocycles. The summed E-state index contributed by atoms with van der Waals surface area (Å²) in [6.07, 6.45) is -1.06. The van der Waals surface area contributed by atoms with Crippen molar-refractivity contribution in [1.29, 1.82) is 0 Å². The van der Waals surface area contributed by atoms with Gasteiger partial charge >= 0.3 is 0 Å². The molecule has 2 atom stereocenters. The van der Waals surface area contributed by atoms with Crippen LogP contribution in [0.1, 0.15) is 52.3 Å². The number of halogens is 1. The number of ether oxygens (including phenoxy) is 1. The fourth-order valence-corrected chi connectivity index (χ4v) is 4.04. The van der Waals surface area contributed by atoms with E-state index in [9.17, 15) is 14.7 Å². The molecule has 1 N–H and O–H groups in total. The Kier molecular flexibility index (Phi) is 4.28. The molecular weight excluding hydrogens is 348 g/mol. The highest BCUT2D eigenvalue weighted by atomic mass is 35.5. The molecule has 3 rings (SSSR count). The summed E-state index contributed by atoms with van der Waals surface area (Å²) < 4.78 is 5.85. The number of rotatable bonds is 3. The van der Waals surface area contributed by atoms with E-state index in [4.69, 9.17) is 16.3 Å². The summed E-state index contributed by atoms with van der Waals surface area (Å²) in [5.74, 6) is -0.709. The van der Waals surface area contributed by atoms with Crippen LogP contribution in [0.15, 0.2) is 29.6 Å². The monoisotopic (exact) mass is 364 g/mol. The van der Waals surface area contributed by atoms with Crippen molar-refractivity contribution in [1.82, 2.24) is 0 Å². The summed E-state index contributed by atoms with van der Waals surface area (Å²) in [4.78, 5) is 25.1. The third kappa shape index (κ3) is 2.77. The van der Waals surface area contributed by atoms with Gasteiger partial charge < -0.3 is 9.84 Å². The zero-order valence-electron chi connectivity index (χ0n) is 13.5. The number of thiophene rings is 1. The van der Waals surface area contributed by atoms with Gasteiger partial charge in [-0.2, -0.15) is 0 Å². The van der Waals surface area contributed by atoms with E-state index in [-0.39, 0.29) is 11.6 Å². The molecule has 1 aliphatic heterocycles. The molecule has 2 aromatic rings. The minimum absolute atomic E-state index is 0.113. The lowest BCUT2D eigenvalue weighted by atomic mass is 9.78. The maximum absolute atomic E-state index is 13.0. The van der Waals surface area contributed by atoms with Gasteiger partial charge in [0.05, 0.1) is 15.8 Å². The normalized spacial score (nSPS) is 21.7. The van der Waals surface area contributed by atoms with Crippen LogP contribution >= 0.6 is 22.9 Å². The topological polar surface area (TPSA) is 63.6 Å². The van der Waals surface area contributed by atoms with E-state index < -0.39 is 17.6 Å². The Labute approximate surface area is 149 Å². The first kappa shape index (κ1) is 17.1. The van der Waals surface area contributed by atoms with Gasteiger partial charge in [-0.25, -0.2) is 0 Å². The van der Waals surface area contributed by atoms with Crippen LogP contribution < -0.4 is 4.74 Å². The smallest absolute Gasteiger partial charge is 0.184 e. The molecular formula is C18H17ClO4S. The molecule has 0 amide bonds. The Hall–Kier alpha value is -1.69. The number of fused-ring (bicyclic) bond motifs is 1. The van der Waals surface area contributed by atoms with Gasteiger partial charge in [-0.3, -0.25) is 9.59 Å². The second-order valence-corrected chi connectivity index (χ2v) is 7.72. The SMILES string of the molecule is CC(=O)c1ccc2c(c1)[C@H](C(=O)c1sccc1Cl)[C@H](O)C(C)(C)O2. The van der Waals surface area contributed by atoms with Gasteiger partial charge in [0, 0.05) is 11.1 Å². The molecule has 0 spiro atoms. The number of aliphatic hydroxyl groups is 1. The van der Waals surface area contributed by atoms with E-state index in [1.165, 1.54) is 18.3 Å². The highest BCUT2D eigenvalue weighted by Gasteiger charge is 2.47. The Morgan fingerprint density at radius 3 is 2.58 bits per heavy atom. The van der Waals surface area contributed by atoms with Gasteiger partial charge in [0.1, 0.15) is 17.5 Å². The standard InChI is InChI=1S/C18H17ClO4S/c1-9(20)10-4-5-13-11(8-10)14(17(22)18(2,3)23-13)15(21)16-12(19)6-7-24-16/h4-8,14,17,22H,1-3H3/t14-,17+/m1/s1. The van der Waals surface area contributed by atoms with E-state index in [1.54, 1.807) is 43.5 Å². The summed E-state index contributed by atoms with van der Waals surface area (Å²) >= 11 is 7.34. The van der Waals surface area contributed by atoms with Crippen molar-refractivity contribution in [2.24, 2.45) is 0 Å². The van der Waals surface area contributed by atoms with E-state index in [0.717, 1.165) is 0 Å². The predicted octanol–water partition coefficient (Wildman–Crippen LogP) is 4.10. The minimum Gasteiger partial charge on any atom is -0.485 e. The predicted molar refractivity (Wildman–Crippen MR) is 93.6 cm³/mol. The van der Waals surface area contributed by atoms with E-state index in [2.05, 4.69) is 0 Å². The van der Waals surface area contributed by atoms with Crippen molar-refractivity contribution in [2.75, 3.05) is 0 Å². The number of ketones is 2. The highest BCUT2D eigenvalue weighted by Crippen LogP contribution is 2.44. The molecule has 0 unspecified atom stereocenters. The number of aliphatic hydroxyl groups excluding tert-OH is 1. The molecule has 24 heavy (non-hydrogen) atoms. The molecule has 126 valence electrons. The van der Waals surface area contributed by atoms with E-state index >= 15 is 0 Å². The van der Waals surface area contributed by atoms with Gasteiger partial charge in [0.15, 0.2) is 11.6 Å². The molecule has 1 aromatic heterocycles. The van der Waals surface area contributed by atoms with Crippen molar-refractivity contribution >= 4 is 34.5 Å². The lowest BCUT2D eigenvalue weighted by Crippen LogP contribution is -2.50. The number of carbonyl (C=O) groups excluding carboxylic acids is 2. The van der Waals surface area contributed by atoms with Gasteiger partial charge in [0.2, 0.25) is 0 Å². The van der Waals surface area contributed by atoms with E-state index in [1.807, 2.05) is 0 Å². The Morgan fingerprint density at radius 1 is 1.29 bits per heavy atom. The molecule has 0 fully saturated rings. The molecule has 6 heteroatoms. The van der Waals surface area contributed by atoms with Gasteiger partial charge in [-0.05, 0) is 50.4 Å². The van der Waals surface area contributed by atoms with Crippen LogP contribution in [0.25, 0.3) is 0 Å². The third-order valence-electron chi connectivity index (χ3n) is 4.28.